The van der Waals surface area contributed by atoms with Crippen LogP contribution in [0.25, 0.3) is 17.0 Å². The minimum absolute atomic E-state index is 0.251. The number of esters is 1. The predicted octanol–water partition coefficient (Wildman–Crippen LogP) is 3.58. The van der Waals surface area contributed by atoms with Crippen LogP contribution in [0.5, 0.6) is 0 Å². The molecule has 1 saturated heterocycles. The third kappa shape index (κ3) is 8.00. The van der Waals surface area contributed by atoms with Gasteiger partial charge in [-0.3, -0.25) is 29.2 Å². The van der Waals surface area contributed by atoms with Crippen LogP contribution < -0.4 is 16.1 Å². The molecule has 2 aliphatic rings. The van der Waals surface area contributed by atoms with Crippen LogP contribution in [0, 0.1) is 5.41 Å². The number of hydrazine groups is 1. The highest BCUT2D eigenvalue weighted by Gasteiger charge is 2.39. The number of nitrogens with zero attached hydrogens (tertiary/aromatic N) is 2. The Morgan fingerprint density at radius 2 is 1.70 bits per heavy atom. The van der Waals surface area contributed by atoms with Gasteiger partial charge in [-0.05, 0) is 85.9 Å². The first kappa shape index (κ1) is 33.1. The van der Waals surface area contributed by atoms with Gasteiger partial charge in [-0.25, -0.2) is 5.43 Å². The predicted molar refractivity (Wildman–Crippen MR) is 167 cm³/mol. The first-order valence-electron chi connectivity index (χ1n) is 15.2. The second-order valence-electron chi connectivity index (χ2n) is 13.3. The fraction of sp³-hybridized carbons (Fsp3) is 0.545. The number of fused-ring (bicyclic) bond motifs is 4. The molecular weight excluding hydrogens is 562 g/mol. The van der Waals surface area contributed by atoms with E-state index in [4.69, 9.17) is 14.5 Å². The van der Waals surface area contributed by atoms with Gasteiger partial charge in [0, 0.05) is 11.9 Å². The molecular formula is C33H45N5O6. The number of cyclic esters (lactones) is 1. The van der Waals surface area contributed by atoms with E-state index in [1.807, 2.05) is 64.1 Å². The van der Waals surface area contributed by atoms with Gasteiger partial charge < -0.3 is 20.1 Å². The van der Waals surface area contributed by atoms with Crippen molar-refractivity contribution >= 4 is 40.7 Å². The molecule has 1 fully saturated rings. The molecule has 3 N–H and O–H groups in total. The number of hydrogen-bond donors (Lipinski definition) is 3. The molecule has 2 aliphatic heterocycles. The summed E-state index contributed by atoms with van der Waals surface area (Å²) in [7, 11) is 0. The maximum atomic E-state index is 13.6. The van der Waals surface area contributed by atoms with E-state index in [-0.39, 0.29) is 11.9 Å². The van der Waals surface area contributed by atoms with Crippen LogP contribution in [0.1, 0.15) is 85.5 Å². The topological polar surface area (TPSA) is 139 Å². The SMILES string of the molecule is CC1NC(=O)C(C(C)OC(C)(C)C)OC(=O)C(C)(C)C=Cc2ccc3ccc(nc3c2)C(C)NC(=O)C2CCCN(N2)C1=O. The lowest BCUT2D eigenvalue weighted by Gasteiger charge is -2.36. The molecule has 238 valence electrons. The van der Waals surface area contributed by atoms with Crippen molar-refractivity contribution in [2.45, 2.75) is 104 Å². The molecule has 4 rings (SSSR count). The number of carbonyl (C=O) groups is 4. The molecule has 1 aromatic carbocycles. The van der Waals surface area contributed by atoms with E-state index in [1.165, 1.54) is 5.01 Å². The fourth-order valence-corrected chi connectivity index (χ4v) is 5.23. The Hall–Kier alpha value is -3.83. The molecule has 11 heteroatoms. The van der Waals surface area contributed by atoms with Crippen LogP contribution in [0.4, 0.5) is 0 Å². The zero-order valence-electron chi connectivity index (χ0n) is 26.9. The number of benzene rings is 1. The van der Waals surface area contributed by atoms with E-state index >= 15 is 0 Å². The van der Waals surface area contributed by atoms with Crippen molar-refractivity contribution in [3.63, 3.8) is 0 Å². The molecule has 3 amide bonds. The highest BCUT2D eigenvalue weighted by molar-refractivity contribution is 5.92. The molecule has 0 saturated carbocycles. The van der Waals surface area contributed by atoms with E-state index in [0.29, 0.717) is 25.1 Å². The molecule has 2 aromatic rings. The maximum absolute atomic E-state index is 13.6. The van der Waals surface area contributed by atoms with Gasteiger partial charge in [-0.2, -0.15) is 0 Å². The van der Waals surface area contributed by atoms with Gasteiger partial charge in [0.2, 0.25) is 12.0 Å². The number of amides is 3. The lowest BCUT2D eigenvalue weighted by atomic mass is 9.92. The van der Waals surface area contributed by atoms with E-state index < -0.39 is 53.1 Å². The molecule has 5 bridgehead atoms. The molecule has 11 nitrogen and oxygen atoms in total. The number of nitrogens with one attached hydrogen (secondary N) is 3. The van der Waals surface area contributed by atoms with Crippen LogP contribution in [0.3, 0.4) is 0 Å². The smallest absolute Gasteiger partial charge is 0.316 e. The lowest BCUT2D eigenvalue weighted by molar-refractivity contribution is -0.177. The largest absolute Gasteiger partial charge is 0.449 e. The maximum Gasteiger partial charge on any atom is 0.316 e. The normalized spacial score (nSPS) is 26.1. The Kier molecular flexibility index (Phi) is 9.80. The average molecular weight is 608 g/mol. The van der Waals surface area contributed by atoms with Gasteiger partial charge in [0.25, 0.3) is 11.8 Å². The van der Waals surface area contributed by atoms with Crippen LogP contribution >= 0.6 is 0 Å². The quantitative estimate of drug-likeness (QED) is 0.441. The highest BCUT2D eigenvalue weighted by atomic mass is 16.6. The number of ether oxygens (including phenoxy) is 2. The standard InChI is InChI=1S/C33H45N5O6/c1-19-24-14-13-23-12-11-22(18-26(23)36-24)15-16-33(7,8)31(42)43-27(21(3)44-32(4,5)6)29(40)35-20(2)30(41)38-17-9-10-25(37-38)28(39)34-19/h11-16,18-21,25,27,37H,9-10,17H2,1-8H3,(H,34,39)(H,35,40). The summed E-state index contributed by atoms with van der Waals surface area (Å²) in [6, 6.07) is 7.63. The van der Waals surface area contributed by atoms with Crippen LogP contribution in [-0.4, -0.2) is 70.1 Å². The minimum atomic E-state index is -1.32. The van der Waals surface area contributed by atoms with Gasteiger partial charge in [0.15, 0.2) is 0 Å². The molecule has 1 aromatic heterocycles. The Morgan fingerprint density at radius 3 is 2.41 bits per heavy atom. The van der Waals surface area contributed by atoms with E-state index in [0.717, 1.165) is 16.5 Å². The van der Waals surface area contributed by atoms with E-state index in [1.54, 1.807) is 33.8 Å². The fourth-order valence-electron chi connectivity index (χ4n) is 5.23. The van der Waals surface area contributed by atoms with E-state index in [9.17, 15) is 19.2 Å². The number of aromatic nitrogens is 1. The first-order chi connectivity index (χ1) is 20.5. The van der Waals surface area contributed by atoms with Crippen molar-refractivity contribution < 1.29 is 28.7 Å². The summed E-state index contributed by atoms with van der Waals surface area (Å²) in [5.41, 5.74) is 3.56. The van der Waals surface area contributed by atoms with Crippen LogP contribution in [0.15, 0.2) is 36.4 Å². The van der Waals surface area contributed by atoms with Gasteiger partial charge in [-0.15, -0.1) is 0 Å². The van der Waals surface area contributed by atoms with Crippen molar-refractivity contribution in [1.82, 2.24) is 26.1 Å². The minimum Gasteiger partial charge on any atom is -0.449 e. The van der Waals surface area contributed by atoms with Crippen molar-refractivity contribution in [3.8, 4) is 0 Å². The summed E-state index contributed by atoms with van der Waals surface area (Å²) in [6.45, 7) is 14.4. The molecule has 5 unspecified atom stereocenters. The van der Waals surface area contributed by atoms with Gasteiger partial charge in [-0.1, -0.05) is 30.4 Å². The monoisotopic (exact) mass is 607 g/mol. The average Bonchev–Trinajstić information content (AvgIpc) is 2.96. The van der Waals surface area contributed by atoms with Crippen molar-refractivity contribution in [1.29, 1.82) is 0 Å². The molecule has 0 spiro atoms. The molecule has 3 heterocycles. The Balaban J connectivity index is 1.72. The Morgan fingerprint density at radius 1 is 1.02 bits per heavy atom. The van der Waals surface area contributed by atoms with Gasteiger partial charge in [0.1, 0.15) is 18.2 Å². The zero-order valence-corrected chi connectivity index (χ0v) is 26.9. The Labute approximate surface area is 259 Å². The molecule has 0 radical (unpaired) electrons. The molecule has 5 atom stereocenters. The summed E-state index contributed by atoms with van der Waals surface area (Å²) in [5, 5.41) is 8.01. The van der Waals surface area contributed by atoms with E-state index in [2.05, 4.69) is 16.1 Å². The molecule has 0 aliphatic carbocycles. The van der Waals surface area contributed by atoms with Crippen molar-refractivity contribution in [2.24, 2.45) is 5.41 Å². The van der Waals surface area contributed by atoms with Gasteiger partial charge >= 0.3 is 5.97 Å². The van der Waals surface area contributed by atoms with Crippen molar-refractivity contribution in [3.05, 3.63) is 47.7 Å². The summed E-state index contributed by atoms with van der Waals surface area (Å²) < 4.78 is 11.8. The molecule has 44 heavy (non-hydrogen) atoms. The van der Waals surface area contributed by atoms with Crippen molar-refractivity contribution in [2.75, 3.05) is 6.54 Å². The summed E-state index contributed by atoms with van der Waals surface area (Å²) in [4.78, 5) is 58.5. The first-order valence-corrected chi connectivity index (χ1v) is 15.2. The van der Waals surface area contributed by atoms with Gasteiger partial charge in [0.05, 0.1) is 28.3 Å². The van der Waals surface area contributed by atoms with Crippen LogP contribution in [0.2, 0.25) is 0 Å². The second kappa shape index (κ2) is 13.0. The number of pyridine rings is 1. The number of rotatable bonds is 2. The van der Waals surface area contributed by atoms with Crippen LogP contribution in [-0.2, 0) is 28.7 Å². The summed E-state index contributed by atoms with van der Waals surface area (Å²) >= 11 is 0. The summed E-state index contributed by atoms with van der Waals surface area (Å²) in [6.07, 6.45) is 2.54. The highest BCUT2D eigenvalue weighted by Crippen LogP contribution is 2.26. The Bertz CT molecular complexity index is 1450. The lowest BCUT2D eigenvalue weighted by Crippen LogP contribution is -2.61. The number of hydrogen-bond acceptors (Lipinski definition) is 8. The third-order valence-electron chi connectivity index (χ3n) is 7.71. The zero-order chi connectivity index (χ0) is 32.4. The third-order valence-corrected chi connectivity index (χ3v) is 7.71. The second-order valence-corrected chi connectivity index (χ2v) is 13.3. The summed E-state index contributed by atoms with van der Waals surface area (Å²) in [5.74, 6) is -1.95. The number of carbonyl (C=O) groups excluding carboxylic acids is 4.